The number of nitrogens with one attached hydrogen (secondary N) is 2. The lowest BCUT2D eigenvalue weighted by molar-refractivity contribution is 0.262. The molecule has 0 aliphatic rings. The second-order valence-corrected chi connectivity index (χ2v) is 5.67. The summed E-state index contributed by atoms with van der Waals surface area (Å²) >= 11 is 5.94. The van der Waals surface area contributed by atoms with Gasteiger partial charge >= 0.3 is 6.03 Å². The third-order valence-electron chi connectivity index (χ3n) is 3.56. The van der Waals surface area contributed by atoms with Gasteiger partial charge in [-0.25, -0.2) is 9.78 Å². The van der Waals surface area contributed by atoms with Gasteiger partial charge in [-0.1, -0.05) is 17.7 Å². The molecule has 0 aliphatic carbocycles. The van der Waals surface area contributed by atoms with Gasteiger partial charge in [-0.2, -0.15) is 0 Å². The molecule has 2 amide bonds. The molecule has 1 aromatic carbocycles. The molecule has 0 fully saturated rings. The minimum absolute atomic E-state index is 0.0993. The average molecular weight is 359 g/mol. The number of halogens is 1. The van der Waals surface area contributed by atoms with E-state index in [1.165, 1.54) is 11.5 Å². The lowest BCUT2D eigenvalue weighted by atomic mass is 10.3. The van der Waals surface area contributed by atoms with E-state index in [0.29, 0.717) is 27.8 Å². The third kappa shape index (κ3) is 3.41. The van der Waals surface area contributed by atoms with Gasteiger partial charge in [0.05, 0.1) is 18.5 Å². The predicted octanol–water partition coefficient (Wildman–Crippen LogP) is 3.31. The van der Waals surface area contributed by atoms with Gasteiger partial charge in [-0.05, 0) is 37.3 Å². The van der Waals surface area contributed by atoms with Gasteiger partial charge in [-0.15, -0.1) is 0 Å². The smallest absolute Gasteiger partial charge is 0.323 e. The number of fused-ring (bicyclic) bond motifs is 1. The van der Waals surface area contributed by atoms with Crippen molar-refractivity contribution >= 4 is 34.7 Å². The SMILES string of the molecule is COc1ccc(Cl)cc1NC(=O)Nc1c(C)nc2ccccn2c1=O. The number of pyridine rings is 1. The molecule has 25 heavy (non-hydrogen) atoms. The maximum Gasteiger partial charge on any atom is 0.323 e. The molecule has 0 saturated carbocycles. The number of benzene rings is 1. The van der Waals surface area contributed by atoms with Crippen LogP contribution in [0.15, 0.2) is 47.4 Å². The number of anilines is 2. The molecule has 0 aliphatic heterocycles. The van der Waals surface area contributed by atoms with Crippen LogP contribution in [0.2, 0.25) is 5.02 Å². The summed E-state index contributed by atoms with van der Waals surface area (Å²) < 4.78 is 6.54. The number of hydrogen-bond acceptors (Lipinski definition) is 4. The Balaban J connectivity index is 1.90. The fourth-order valence-electron chi connectivity index (χ4n) is 2.39. The molecular formula is C17H15ClN4O3. The Bertz CT molecular complexity index is 1020. The van der Waals surface area contributed by atoms with E-state index >= 15 is 0 Å². The molecule has 0 radical (unpaired) electrons. The number of hydrogen-bond donors (Lipinski definition) is 2. The number of rotatable bonds is 3. The lowest BCUT2D eigenvalue weighted by Gasteiger charge is -2.12. The van der Waals surface area contributed by atoms with Gasteiger partial charge in [-0.3, -0.25) is 9.20 Å². The highest BCUT2D eigenvalue weighted by molar-refractivity contribution is 6.31. The summed E-state index contributed by atoms with van der Waals surface area (Å²) in [7, 11) is 1.48. The zero-order chi connectivity index (χ0) is 18.0. The van der Waals surface area contributed by atoms with Crippen LogP contribution in [0.1, 0.15) is 5.69 Å². The Hall–Kier alpha value is -3.06. The van der Waals surface area contributed by atoms with Gasteiger partial charge in [0.1, 0.15) is 17.1 Å². The molecule has 0 bridgehead atoms. The summed E-state index contributed by atoms with van der Waals surface area (Å²) in [4.78, 5) is 29.2. The van der Waals surface area contributed by atoms with E-state index in [0.717, 1.165) is 0 Å². The number of methoxy groups -OCH3 is 1. The largest absolute Gasteiger partial charge is 0.495 e. The van der Waals surface area contributed by atoms with Gasteiger partial charge in [0.15, 0.2) is 0 Å². The molecule has 128 valence electrons. The second-order valence-electron chi connectivity index (χ2n) is 5.23. The van der Waals surface area contributed by atoms with Crippen LogP contribution in [-0.2, 0) is 0 Å². The van der Waals surface area contributed by atoms with Crippen LogP contribution in [0, 0.1) is 6.92 Å². The normalized spacial score (nSPS) is 10.5. The van der Waals surface area contributed by atoms with Crippen molar-refractivity contribution in [2.75, 3.05) is 17.7 Å². The summed E-state index contributed by atoms with van der Waals surface area (Å²) in [5.74, 6) is 0.449. The van der Waals surface area contributed by atoms with Crippen LogP contribution >= 0.6 is 11.6 Å². The first kappa shape index (κ1) is 16.8. The summed E-state index contributed by atoms with van der Waals surface area (Å²) in [6, 6.07) is 9.45. The van der Waals surface area contributed by atoms with E-state index in [4.69, 9.17) is 16.3 Å². The van der Waals surface area contributed by atoms with Crippen molar-refractivity contribution in [2.24, 2.45) is 0 Å². The number of aryl methyl sites for hydroxylation is 1. The van der Waals surface area contributed by atoms with Crippen molar-refractivity contribution in [1.82, 2.24) is 9.38 Å². The number of ether oxygens (including phenoxy) is 1. The van der Waals surface area contributed by atoms with Crippen LogP contribution in [-0.4, -0.2) is 22.5 Å². The lowest BCUT2D eigenvalue weighted by Crippen LogP contribution is -2.27. The van der Waals surface area contributed by atoms with Gasteiger partial charge < -0.3 is 15.4 Å². The zero-order valence-corrected chi connectivity index (χ0v) is 14.3. The fraction of sp³-hybridized carbons (Fsp3) is 0.118. The maximum absolute atomic E-state index is 12.5. The number of carbonyl (C=O) groups excluding carboxylic acids is 1. The molecule has 0 saturated heterocycles. The van der Waals surface area contributed by atoms with Crippen molar-refractivity contribution in [3.05, 3.63) is 63.7 Å². The highest BCUT2D eigenvalue weighted by atomic mass is 35.5. The summed E-state index contributed by atoms with van der Waals surface area (Å²) in [5, 5.41) is 5.61. The molecule has 8 heteroatoms. The highest BCUT2D eigenvalue weighted by Gasteiger charge is 2.14. The molecule has 0 atom stereocenters. The average Bonchev–Trinajstić information content (AvgIpc) is 2.59. The minimum Gasteiger partial charge on any atom is -0.495 e. The molecule has 2 heterocycles. The minimum atomic E-state index is -0.599. The van der Waals surface area contributed by atoms with E-state index in [1.54, 1.807) is 49.5 Å². The van der Waals surface area contributed by atoms with Crippen LogP contribution in [0.3, 0.4) is 0 Å². The number of urea groups is 1. The fourth-order valence-corrected chi connectivity index (χ4v) is 2.56. The van der Waals surface area contributed by atoms with Crippen LogP contribution in [0.5, 0.6) is 5.75 Å². The zero-order valence-electron chi connectivity index (χ0n) is 13.5. The Morgan fingerprint density at radius 2 is 2.04 bits per heavy atom. The van der Waals surface area contributed by atoms with E-state index in [-0.39, 0.29) is 11.2 Å². The first-order valence-electron chi connectivity index (χ1n) is 7.39. The number of carbonyl (C=O) groups is 1. The van der Waals surface area contributed by atoms with Crippen molar-refractivity contribution in [3.8, 4) is 5.75 Å². The summed E-state index contributed by atoms with van der Waals surface area (Å²) in [6.45, 7) is 1.66. The predicted molar refractivity (Wildman–Crippen MR) is 96.8 cm³/mol. The van der Waals surface area contributed by atoms with Crippen molar-refractivity contribution in [2.45, 2.75) is 6.92 Å². The van der Waals surface area contributed by atoms with Crippen molar-refractivity contribution < 1.29 is 9.53 Å². The second kappa shape index (κ2) is 6.82. The quantitative estimate of drug-likeness (QED) is 0.752. The molecule has 2 N–H and O–H groups in total. The van der Waals surface area contributed by atoms with E-state index in [2.05, 4.69) is 15.6 Å². The molecule has 3 aromatic rings. The molecule has 2 aromatic heterocycles. The summed E-state index contributed by atoms with van der Waals surface area (Å²) in [6.07, 6.45) is 1.59. The topological polar surface area (TPSA) is 84.7 Å². The first-order chi connectivity index (χ1) is 12.0. The molecule has 0 spiro atoms. The molecule has 0 unspecified atom stereocenters. The monoisotopic (exact) mass is 358 g/mol. The van der Waals surface area contributed by atoms with Gasteiger partial charge in [0, 0.05) is 11.2 Å². The molecular weight excluding hydrogens is 344 g/mol. The first-order valence-corrected chi connectivity index (χ1v) is 7.77. The van der Waals surface area contributed by atoms with Crippen molar-refractivity contribution in [1.29, 1.82) is 0 Å². The van der Waals surface area contributed by atoms with Crippen LogP contribution in [0.4, 0.5) is 16.2 Å². The highest BCUT2D eigenvalue weighted by Crippen LogP contribution is 2.27. The van der Waals surface area contributed by atoms with Crippen LogP contribution < -0.4 is 20.9 Å². The van der Waals surface area contributed by atoms with E-state index in [9.17, 15) is 9.59 Å². The Morgan fingerprint density at radius 1 is 1.24 bits per heavy atom. The number of nitrogens with zero attached hydrogens (tertiary/aromatic N) is 2. The Morgan fingerprint density at radius 3 is 2.80 bits per heavy atom. The standard InChI is InChI=1S/C17H15ClN4O3/c1-10-15(16(23)22-8-4-3-5-14(22)19-10)21-17(24)20-12-9-11(18)6-7-13(12)25-2/h3-9H,1-2H3,(H2,20,21,24). The Labute approximate surface area is 148 Å². The Kier molecular flexibility index (Phi) is 4.58. The summed E-state index contributed by atoms with van der Waals surface area (Å²) in [5.41, 5.74) is 1.05. The van der Waals surface area contributed by atoms with Gasteiger partial charge in [0.25, 0.3) is 5.56 Å². The third-order valence-corrected chi connectivity index (χ3v) is 3.80. The van der Waals surface area contributed by atoms with Gasteiger partial charge in [0.2, 0.25) is 0 Å². The van der Waals surface area contributed by atoms with Crippen LogP contribution in [0.25, 0.3) is 5.65 Å². The molecule has 3 rings (SSSR count). The van der Waals surface area contributed by atoms with E-state index < -0.39 is 6.03 Å². The number of aromatic nitrogens is 2. The molecule has 7 nitrogen and oxygen atoms in total. The van der Waals surface area contributed by atoms with E-state index in [1.807, 2.05) is 0 Å². The maximum atomic E-state index is 12.5. The number of amides is 2. The van der Waals surface area contributed by atoms with Crippen molar-refractivity contribution in [3.63, 3.8) is 0 Å².